The van der Waals surface area contributed by atoms with Gasteiger partial charge in [-0.25, -0.2) is 4.98 Å². The van der Waals surface area contributed by atoms with Gasteiger partial charge in [0.05, 0.1) is 11.9 Å². The summed E-state index contributed by atoms with van der Waals surface area (Å²) < 4.78 is 0.880. The van der Waals surface area contributed by atoms with Gasteiger partial charge in [0, 0.05) is 11.6 Å². The lowest BCUT2D eigenvalue weighted by atomic mass is 10.2. The molecule has 1 aromatic carbocycles. The summed E-state index contributed by atoms with van der Waals surface area (Å²) in [5.41, 5.74) is 3.27. The van der Waals surface area contributed by atoms with Crippen LogP contribution in [0.2, 0.25) is 5.02 Å². The molecular weight excluding hydrogens is 300 g/mol. The molecule has 2 aromatic rings. The number of hydrogen-bond donors (Lipinski definition) is 1. The zero-order chi connectivity index (χ0) is 12.3. The molecule has 1 N–H and O–H groups in total. The highest BCUT2D eigenvalue weighted by Crippen LogP contribution is 2.18. The highest BCUT2D eigenvalue weighted by Gasteiger charge is 1.99. The molecule has 2 rings (SSSR count). The largest absolute Gasteiger partial charge is 0.380 e. The summed E-state index contributed by atoms with van der Waals surface area (Å²) >= 11 is 9.30. The fourth-order valence-electron chi connectivity index (χ4n) is 1.51. The molecule has 0 atom stereocenters. The van der Waals surface area contributed by atoms with E-state index in [0.29, 0.717) is 0 Å². The van der Waals surface area contributed by atoms with E-state index in [9.17, 15) is 0 Å². The Morgan fingerprint density at radius 3 is 2.88 bits per heavy atom. The Bertz CT molecular complexity index is 529. The van der Waals surface area contributed by atoms with Gasteiger partial charge in [-0.3, -0.25) is 0 Å². The third-order valence-electron chi connectivity index (χ3n) is 2.40. The van der Waals surface area contributed by atoms with Crippen LogP contribution >= 0.6 is 27.5 Å². The summed E-state index contributed by atoms with van der Waals surface area (Å²) in [6.07, 6.45) is 1.81. The molecule has 1 aromatic heterocycles. The standard InChI is InChI=1S/C13H12BrClN2/c1-9-5-12(8-17-13(9)14)16-7-10-3-2-4-11(15)6-10/h2-6,8,16H,7H2,1H3. The molecule has 0 saturated heterocycles. The van der Waals surface area contributed by atoms with Gasteiger partial charge < -0.3 is 5.32 Å². The van der Waals surface area contributed by atoms with Crippen molar-refractivity contribution in [1.29, 1.82) is 0 Å². The fraction of sp³-hybridized carbons (Fsp3) is 0.154. The predicted molar refractivity (Wildman–Crippen MR) is 75.5 cm³/mol. The smallest absolute Gasteiger partial charge is 0.109 e. The van der Waals surface area contributed by atoms with E-state index in [1.165, 1.54) is 0 Å². The molecule has 88 valence electrons. The molecule has 0 saturated carbocycles. The van der Waals surface area contributed by atoms with Crippen molar-refractivity contribution < 1.29 is 0 Å². The molecule has 4 heteroatoms. The van der Waals surface area contributed by atoms with Gasteiger partial charge in [-0.15, -0.1) is 0 Å². The van der Waals surface area contributed by atoms with E-state index < -0.39 is 0 Å². The number of hydrogen-bond acceptors (Lipinski definition) is 2. The quantitative estimate of drug-likeness (QED) is 0.849. The molecule has 0 amide bonds. The van der Waals surface area contributed by atoms with Gasteiger partial charge in [-0.1, -0.05) is 23.7 Å². The zero-order valence-electron chi connectivity index (χ0n) is 9.37. The Morgan fingerprint density at radius 1 is 1.35 bits per heavy atom. The molecule has 0 fully saturated rings. The second kappa shape index (κ2) is 5.52. The van der Waals surface area contributed by atoms with Crippen molar-refractivity contribution in [1.82, 2.24) is 4.98 Å². The summed E-state index contributed by atoms with van der Waals surface area (Å²) in [7, 11) is 0. The summed E-state index contributed by atoms with van der Waals surface area (Å²) in [5.74, 6) is 0. The van der Waals surface area contributed by atoms with Crippen LogP contribution in [0, 0.1) is 6.92 Å². The number of halogens is 2. The third kappa shape index (κ3) is 3.45. The van der Waals surface area contributed by atoms with Crippen LogP contribution in [-0.2, 0) is 6.54 Å². The lowest BCUT2D eigenvalue weighted by molar-refractivity contribution is 1.12. The van der Waals surface area contributed by atoms with Crippen LogP contribution in [0.15, 0.2) is 41.1 Å². The molecule has 0 aliphatic rings. The highest BCUT2D eigenvalue weighted by molar-refractivity contribution is 9.10. The summed E-state index contributed by atoms with van der Waals surface area (Å²) in [6, 6.07) is 9.87. The van der Waals surface area contributed by atoms with Crippen molar-refractivity contribution in [3.63, 3.8) is 0 Å². The van der Waals surface area contributed by atoms with Crippen LogP contribution in [0.25, 0.3) is 0 Å². The first-order valence-electron chi connectivity index (χ1n) is 5.25. The zero-order valence-corrected chi connectivity index (χ0v) is 11.7. The Balaban J connectivity index is 2.05. The third-order valence-corrected chi connectivity index (χ3v) is 3.47. The van der Waals surface area contributed by atoms with Crippen molar-refractivity contribution in [2.75, 3.05) is 5.32 Å². The number of rotatable bonds is 3. The summed E-state index contributed by atoms with van der Waals surface area (Å²) in [5, 5.41) is 4.07. The van der Waals surface area contributed by atoms with E-state index in [1.807, 2.05) is 37.4 Å². The summed E-state index contributed by atoms with van der Waals surface area (Å²) in [6.45, 7) is 2.75. The van der Waals surface area contributed by atoms with Crippen LogP contribution in [0.5, 0.6) is 0 Å². The van der Waals surface area contributed by atoms with Gasteiger partial charge in [0.2, 0.25) is 0 Å². The molecule has 0 bridgehead atoms. The Morgan fingerprint density at radius 2 is 2.18 bits per heavy atom. The maximum absolute atomic E-state index is 5.93. The van der Waals surface area contributed by atoms with Crippen molar-refractivity contribution in [2.24, 2.45) is 0 Å². The van der Waals surface area contributed by atoms with Gasteiger partial charge >= 0.3 is 0 Å². The first-order chi connectivity index (χ1) is 8.15. The fourth-order valence-corrected chi connectivity index (χ4v) is 1.94. The topological polar surface area (TPSA) is 24.9 Å². The summed E-state index contributed by atoms with van der Waals surface area (Å²) in [4.78, 5) is 4.24. The molecular formula is C13H12BrClN2. The maximum atomic E-state index is 5.93. The number of benzene rings is 1. The first-order valence-corrected chi connectivity index (χ1v) is 6.43. The average Bonchev–Trinajstić information content (AvgIpc) is 2.31. The number of pyridine rings is 1. The van der Waals surface area contributed by atoms with E-state index >= 15 is 0 Å². The number of anilines is 1. The van der Waals surface area contributed by atoms with Crippen LogP contribution < -0.4 is 5.32 Å². The van der Waals surface area contributed by atoms with Crippen molar-refractivity contribution in [3.05, 3.63) is 57.3 Å². The molecule has 0 radical (unpaired) electrons. The number of aromatic nitrogens is 1. The minimum absolute atomic E-state index is 0.739. The normalized spacial score (nSPS) is 10.3. The molecule has 2 nitrogen and oxygen atoms in total. The monoisotopic (exact) mass is 310 g/mol. The SMILES string of the molecule is Cc1cc(NCc2cccc(Cl)c2)cnc1Br. The second-order valence-corrected chi connectivity index (χ2v) is 5.00. The minimum Gasteiger partial charge on any atom is -0.380 e. The predicted octanol–water partition coefficient (Wildman–Crippen LogP) is 4.42. The second-order valence-electron chi connectivity index (χ2n) is 3.82. The molecule has 0 aliphatic heterocycles. The highest BCUT2D eigenvalue weighted by atomic mass is 79.9. The van der Waals surface area contributed by atoms with Crippen LogP contribution in [0.3, 0.4) is 0 Å². The Hall–Kier alpha value is -1.06. The number of nitrogens with zero attached hydrogens (tertiary/aromatic N) is 1. The Kier molecular flexibility index (Phi) is 4.02. The van der Waals surface area contributed by atoms with E-state index in [4.69, 9.17) is 11.6 Å². The van der Waals surface area contributed by atoms with E-state index in [-0.39, 0.29) is 0 Å². The van der Waals surface area contributed by atoms with Crippen LogP contribution in [0.1, 0.15) is 11.1 Å². The molecule has 0 aliphatic carbocycles. The molecule has 17 heavy (non-hydrogen) atoms. The van der Waals surface area contributed by atoms with Gasteiger partial charge in [-0.2, -0.15) is 0 Å². The lowest BCUT2D eigenvalue weighted by Crippen LogP contribution is -2.00. The van der Waals surface area contributed by atoms with E-state index in [2.05, 4.69) is 32.3 Å². The van der Waals surface area contributed by atoms with Gasteiger partial charge in [0.1, 0.15) is 4.60 Å². The molecule has 0 spiro atoms. The first kappa shape index (κ1) is 12.4. The Labute approximate surface area is 114 Å². The lowest BCUT2D eigenvalue weighted by Gasteiger charge is -2.07. The van der Waals surface area contributed by atoms with Gasteiger partial charge in [0.25, 0.3) is 0 Å². The minimum atomic E-state index is 0.739. The number of nitrogens with one attached hydrogen (secondary N) is 1. The van der Waals surface area contributed by atoms with Crippen molar-refractivity contribution in [3.8, 4) is 0 Å². The molecule has 0 unspecified atom stereocenters. The van der Waals surface area contributed by atoms with Crippen molar-refractivity contribution >= 4 is 33.2 Å². The maximum Gasteiger partial charge on any atom is 0.109 e. The molecule has 1 heterocycles. The number of aryl methyl sites for hydroxylation is 1. The van der Waals surface area contributed by atoms with Gasteiger partial charge in [0.15, 0.2) is 0 Å². The van der Waals surface area contributed by atoms with Crippen LogP contribution in [0.4, 0.5) is 5.69 Å². The van der Waals surface area contributed by atoms with Gasteiger partial charge in [-0.05, 0) is 52.2 Å². The van der Waals surface area contributed by atoms with Crippen LogP contribution in [-0.4, -0.2) is 4.98 Å². The van der Waals surface area contributed by atoms with E-state index in [0.717, 1.165) is 33.0 Å². The van der Waals surface area contributed by atoms with Crippen molar-refractivity contribution in [2.45, 2.75) is 13.5 Å². The van der Waals surface area contributed by atoms with E-state index in [1.54, 1.807) is 0 Å². The average molecular weight is 312 g/mol.